The maximum absolute atomic E-state index is 10.9. The molecule has 1 saturated heterocycles. The van der Waals surface area contributed by atoms with Gasteiger partial charge in [-0.1, -0.05) is 0 Å². The summed E-state index contributed by atoms with van der Waals surface area (Å²) in [5.74, 6) is -1.20. The van der Waals surface area contributed by atoms with Crippen LogP contribution in [0.2, 0.25) is 0 Å². The molecule has 2 atom stereocenters. The Morgan fingerprint density at radius 3 is 2.50 bits per heavy atom. The first kappa shape index (κ1) is 8.99. The molecule has 0 aliphatic carbocycles. The Morgan fingerprint density at radius 2 is 2.17 bits per heavy atom. The van der Waals surface area contributed by atoms with Gasteiger partial charge in [-0.15, -0.1) is 0 Å². The highest BCUT2D eigenvalue weighted by atomic mass is 16.4. The largest absolute Gasteiger partial charge is 0.480 e. The number of nitrogens with two attached hydrogens (primary N) is 1. The van der Waals surface area contributed by atoms with Gasteiger partial charge < -0.3 is 15.7 Å². The zero-order valence-corrected chi connectivity index (χ0v) is 6.86. The number of hydrogen-bond acceptors (Lipinski definition) is 3. The van der Waals surface area contributed by atoms with Crippen LogP contribution in [0, 0.1) is 0 Å². The minimum Gasteiger partial charge on any atom is -0.480 e. The van der Waals surface area contributed by atoms with E-state index in [4.69, 9.17) is 10.8 Å². The smallest absolute Gasteiger partial charge is 0.326 e. The van der Waals surface area contributed by atoms with E-state index in [0.29, 0.717) is 13.0 Å². The molecule has 1 amide bonds. The van der Waals surface area contributed by atoms with Gasteiger partial charge in [-0.2, -0.15) is 0 Å². The summed E-state index contributed by atoms with van der Waals surface area (Å²) in [7, 11) is 0. The third kappa shape index (κ3) is 1.55. The number of carbonyl (C=O) groups excluding carboxylic acids is 1. The van der Waals surface area contributed by atoms with Gasteiger partial charge in [-0.3, -0.25) is 4.79 Å². The maximum atomic E-state index is 10.9. The van der Waals surface area contributed by atoms with E-state index in [9.17, 15) is 9.59 Å². The van der Waals surface area contributed by atoms with Gasteiger partial charge in [0.25, 0.3) is 0 Å². The normalized spacial score (nSPS) is 29.0. The highest BCUT2D eigenvalue weighted by Crippen LogP contribution is 2.16. The van der Waals surface area contributed by atoms with Gasteiger partial charge in [-0.25, -0.2) is 4.79 Å². The molecule has 0 aromatic carbocycles. The van der Waals surface area contributed by atoms with E-state index in [2.05, 4.69) is 0 Å². The summed E-state index contributed by atoms with van der Waals surface area (Å²) in [5.41, 5.74) is 5.53. The lowest BCUT2D eigenvalue weighted by atomic mass is 10.2. The number of aliphatic carboxylic acids is 1. The van der Waals surface area contributed by atoms with Gasteiger partial charge in [0, 0.05) is 19.5 Å². The summed E-state index contributed by atoms with van der Waals surface area (Å²) in [6.45, 7) is 1.71. The molecule has 1 aliphatic heterocycles. The van der Waals surface area contributed by atoms with Crippen molar-refractivity contribution in [3.63, 3.8) is 0 Å². The first-order valence-corrected chi connectivity index (χ1v) is 3.78. The number of amides is 1. The van der Waals surface area contributed by atoms with Crippen molar-refractivity contribution in [3.8, 4) is 0 Å². The van der Waals surface area contributed by atoms with Gasteiger partial charge in [0.1, 0.15) is 6.04 Å². The molecule has 0 saturated carbocycles. The van der Waals surface area contributed by atoms with Gasteiger partial charge in [-0.05, 0) is 6.42 Å². The SMILES string of the molecule is CC(=O)N1C[C@H](N)C[C@@H]1C(=O)O. The van der Waals surface area contributed by atoms with Crippen LogP contribution in [0.5, 0.6) is 0 Å². The van der Waals surface area contributed by atoms with Crippen molar-refractivity contribution in [3.05, 3.63) is 0 Å². The average Bonchev–Trinajstić information content (AvgIpc) is 2.31. The van der Waals surface area contributed by atoms with Crippen LogP contribution in [-0.4, -0.2) is 40.5 Å². The monoisotopic (exact) mass is 172 g/mol. The Labute approximate surface area is 70.1 Å². The molecule has 68 valence electrons. The standard InChI is InChI=1S/C7H12N2O3/c1-4(10)9-3-5(8)2-6(9)7(11)12/h5-6H,2-3,8H2,1H3,(H,11,12)/t5-,6-/m1/s1. The maximum Gasteiger partial charge on any atom is 0.326 e. The minimum atomic E-state index is -0.974. The van der Waals surface area contributed by atoms with Crippen LogP contribution in [0.4, 0.5) is 0 Å². The molecule has 0 bridgehead atoms. The molecule has 1 rings (SSSR count). The molecule has 1 aliphatic rings. The highest BCUT2D eigenvalue weighted by molar-refractivity contribution is 5.83. The molecular weight excluding hydrogens is 160 g/mol. The summed E-state index contributed by atoms with van der Waals surface area (Å²) in [4.78, 5) is 22.8. The highest BCUT2D eigenvalue weighted by Gasteiger charge is 2.36. The first-order chi connectivity index (χ1) is 5.52. The molecule has 1 fully saturated rings. The van der Waals surface area contributed by atoms with E-state index >= 15 is 0 Å². The lowest BCUT2D eigenvalue weighted by Gasteiger charge is -2.18. The van der Waals surface area contributed by atoms with E-state index in [1.165, 1.54) is 11.8 Å². The molecule has 0 aromatic rings. The predicted octanol–water partition coefficient (Wildman–Crippen LogP) is -0.981. The molecule has 0 unspecified atom stereocenters. The fourth-order valence-electron chi connectivity index (χ4n) is 1.45. The summed E-state index contributed by atoms with van der Waals surface area (Å²) in [5, 5.41) is 8.70. The average molecular weight is 172 g/mol. The fraction of sp³-hybridized carbons (Fsp3) is 0.714. The third-order valence-corrected chi connectivity index (χ3v) is 2.02. The number of carboxylic acids is 1. The molecule has 5 nitrogen and oxygen atoms in total. The molecule has 0 aromatic heterocycles. The Morgan fingerprint density at radius 1 is 1.58 bits per heavy atom. The molecule has 12 heavy (non-hydrogen) atoms. The number of hydrogen-bond donors (Lipinski definition) is 2. The molecule has 0 radical (unpaired) electrons. The van der Waals surface area contributed by atoms with E-state index in [1.807, 2.05) is 0 Å². The number of carboxylic acid groups (broad SMARTS) is 1. The Bertz CT molecular complexity index is 195. The van der Waals surface area contributed by atoms with Crippen LogP contribution in [0.3, 0.4) is 0 Å². The van der Waals surface area contributed by atoms with Crippen molar-refractivity contribution in [2.45, 2.75) is 25.4 Å². The second kappa shape index (κ2) is 3.10. The second-order valence-corrected chi connectivity index (χ2v) is 3.02. The lowest BCUT2D eigenvalue weighted by molar-refractivity contribution is -0.147. The number of carbonyl (C=O) groups is 2. The predicted molar refractivity (Wildman–Crippen MR) is 41.4 cm³/mol. The summed E-state index contributed by atoms with van der Waals surface area (Å²) in [6, 6.07) is -0.924. The number of rotatable bonds is 1. The van der Waals surface area contributed by atoms with Crippen LogP contribution in [-0.2, 0) is 9.59 Å². The van der Waals surface area contributed by atoms with Crippen LogP contribution in [0.1, 0.15) is 13.3 Å². The van der Waals surface area contributed by atoms with Gasteiger partial charge in [0.2, 0.25) is 5.91 Å². The molecular formula is C7H12N2O3. The van der Waals surface area contributed by atoms with Crippen molar-refractivity contribution < 1.29 is 14.7 Å². The topological polar surface area (TPSA) is 83.6 Å². The van der Waals surface area contributed by atoms with Gasteiger partial charge in [0.05, 0.1) is 0 Å². The lowest BCUT2D eigenvalue weighted by Crippen LogP contribution is -2.39. The van der Waals surface area contributed by atoms with Crippen molar-refractivity contribution in [2.75, 3.05) is 6.54 Å². The van der Waals surface area contributed by atoms with E-state index in [-0.39, 0.29) is 11.9 Å². The quantitative estimate of drug-likeness (QED) is 0.532. The van der Waals surface area contributed by atoms with E-state index < -0.39 is 12.0 Å². The molecule has 5 heteroatoms. The molecule has 3 N–H and O–H groups in total. The second-order valence-electron chi connectivity index (χ2n) is 3.02. The van der Waals surface area contributed by atoms with Crippen molar-refractivity contribution in [1.82, 2.24) is 4.90 Å². The van der Waals surface area contributed by atoms with E-state index in [0.717, 1.165) is 0 Å². The summed E-state index contributed by atoms with van der Waals surface area (Å²) >= 11 is 0. The Balaban J connectivity index is 2.72. The van der Waals surface area contributed by atoms with Gasteiger partial charge >= 0.3 is 5.97 Å². The minimum absolute atomic E-state index is 0.199. The summed E-state index contributed by atoms with van der Waals surface area (Å²) < 4.78 is 0. The number of likely N-dealkylation sites (tertiary alicyclic amines) is 1. The molecule has 0 spiro atoms. The van der Waals surface area contributed by atoms with Crippen molar-refractivity contribution in [1.29, 1.82) is 0 Å². The number of nitrogens with zero attached hydrogens (tertiary/aromatic N) is 1. The summed E-state index contributed by atoms with van der Waals surface area (Å²) in [6.07, 6.45) is 0.356. The zero-order chi connectivity index (χ0) is 9.30. The Hall–Kier alpha value is -1.10. The molecule has 1 heterocycles. The van der Waals surface area contributed by atoms with Crippen molar-refractivity contribution in [2.24, 2.45) is 5.73 Å². The fourth-order valence-corrected chi connectivity index (χ4v) is 1.45. The zero-order valence-electron chi connectivity index (χ0n) is 6.86. The van der Waals surface area contributed by atoms with Crippen molar-refractivity contribution >= 4 is 11.9 Å². The van der Waals surface area contributed by atoms with Crippen LogP contribution >= 0.6 is 0 Å². The van der Waals surface area contributed by atoms with Crippen LogP contribution in [0.25, 0.3) is 0 Å². The van der Waals surface area contributed by atoms with Crippen LogP contribution < -0.4 is 5.73 Å². The third-order valence-electron chi connectivity index (χ3n) is 2.02. The Kier molecular flexibility index (Phi) is 2.32. The van der Waals surface area contributed by atoms with E-state index in [1.54, 1.807) is 0 Å². The van der Waals surface area contributed by atoms with Crippen LogP contribution in [0.15, 0.2) is 0 Å². The van der Waals surface area contributed by atoms with Gasteiger partial charge in [0.15, 0.2) is 0 Å². The first-order valence-electron chi connectivity index (χ1n) is 3.78.